The third-order valence-corrected chi connectivity index (χ3v) is 4.28. The lowest BCUT2D eigenvalue weighted by atomic mass is 10.1. The number of alkyl carbamates (subject to hydrolysis) is 1. The van der Waals surface area contributed by atoms with Gasteiger partial charge in [0.05, 0.1) is 12.1 Å². The van der Waals surface area contributed by atoms with Crippen LogP contribution in [0.25, 0.3) is 10.9 Å². The Morgan fingerprint density at radius 3 is 2.55 bits per heavy atom. The number of aromatic nitrogens is 2. The number of nitrogens with zero attached hydrogens (tertiary/aromatic N) is 3. The molecular weight excluding hydrogens is 392 g/mol. The second-order valence-electron chi connectivity index (χ2n) is 8.18. The molecule has 0 fully saturated rings. The second-order valence-corrected chi connectivity index (χ2v) is 8.52. The van der Waals surface area contributed by atoms with Crippen molar-refractivity contribution in [2.45, 2.75) is 52.6 Å². The van der Waals surface area contributed by atoms with E-state index in [1.165, 1.54) is 0 Å². The molecule has 1 N–H and O–H groups in total. The average molecular weight is 423 g/mol. The first-order chi connectivity index (χ1) is 13.6. The van der Waals surface area contributed by atoms with Gasteiger partial charge in [-0.05, 0) is 70.2 Å². The van der Waals surface area contributed by atoms with Crippen LogP contribution in [0.1, 0.15) is 45.6 Å². The van der Waals surface area contributed by atoms with Crippen LogP contribution in [0, 0.1) is 6.92 Å². The van der Waals surface area contributed by atoms with Crippen LogP contribution in [-0.2, 0) is 4.74 Å². The van der Waals surface area contributed by atoms with Gasteiger partial charge in [0.2, 0.25) is 5.28 Å². The molecule has 1 amide bonds. The van der Waals surface area contributed by atoms with Crippen LogP contribution in [-0.4, -0.2) is 48.9 Å². The highest BCUT2D eigenvalue weighted by Crippen LogP contribution is 2.30. The van der Waals surface area contributed by atoms with Crippen molar-refractivity contribution in [2.75, 3.05) is 32.1 Å². The molecule has 0 aliphatic heterocycles. The van der Waals surface area contributed by atoms with E-state index >= 15 is 0 Å². The van der Waals surface area contributed by atoms with Crippen molar-refractivity contribution in [2.24, 2.45) is 0 Å². The van der Waals surface area contributed by atoms with Crippen molar-refractivity contribution in [3.05, 3.63) is 23.0 Å². The number of ether oxygens (including phenoxy) is 2. The minimum absolute atomic E-state index is 0.216. The molecule has 2 rings (SSSR count). The summed E-state index contributed by atoms with van der Waals surface area (Å²) >= 11 is 6.06. The number of fused-ring (bicyclic) bond motifs is 1. The first kappa shape index (κ1) is 23.0. The number of anilines is 1. The van der Waals surface area contributed by atoms with Crippen molar-refractivity contribution < 1.29 is 14.3 Å². The van der Waals surface area contributed by atoms with Crippen molar-refractivity contribution in [3.8, 4) is 5.75 Å². The SMILES string of the molecule is Cc1cc2c(N(C)C)nc(Cl)nc2cc1OCCCCCNC(=O)OC(C)(C)C. The van der Waals surface area contributed by atoms with Gasteiger partial charge in [0.15, 0.2) is 0 Å². The summed E-state index contributed by atoms with van der Waals surface area (Å²) < 4.78 is 11.2. The fourth-order valence-electron chi connectivity index (χ4n) is 2.81. The van der Waals surface area contributed by atoms with Gasteiger partial charge < -0.3 is 19.7 Å². The quantitative estimate of drug-likeness (QED) is 0.489. The summed E-state index contributed by atoms with van der Waals surface area (Å²) in [4.78, 5) is 22.1. The lowest BCUT2D eigenvalue weighted by Crippen LogP contribution is -2.33. The van der Waals surface area contributed by atoms with Crippen LogP contribution in [0.5, 0.6) is 5.75 Å². The topological polar surface area (TPSA) is 76.6 Å². The van der Waals surface area contributed by atoms with Gasteiger partial charge >= 0.3 is 6.09 Å². The summed E-state index contributed by atoms with van der Waals surface area (Å²) in [7, 11) is 3.85. The monoisotopic (exact) mass is 422 g/mol. The van der Waals surface area contributed by atoms with Crippen LogP contribution in [0.4, 0.5) is 10.6 Å². The van der Waals surface area contributed by atoms with Crippen LogP contribution < -0.4 is 15.0 Å². The van der Waals surface area contributed by atoms with Crippen molar-refractivity contribution in [3.63, 3.8) is 0 Å². The fraction of sp³-hybridized carbons (Fsp3) is 0.571. The van der Waals surface area contributed by atoms with E-state index in [1.54, 1.807) is 0 Å². The van der Waals surface area contributed by atoms with Crippen molar-refractivity contribution >= 4 is 34.4 Å². The lowest BCUT2D eigenvalue weighted by Gasteiger charge is -2.19. The summed E-state index contributed by atoms with van der Waals surface area (Å²) in [6.45, 7) is 8.73. The van der Waals surface area contributed by atoms with E-state index in [4.69, 9.17) is 21.1 Å². The average Bonchev–Trinajstić information content (AvgIpc) is 2.59. The molecule has 29 heavy (non-hydrogen) atoms. The first-order valence-electron chi connectivity index (χ1n) is 9.81. The number of nitrogens with one attached hydrogen (secondary N) is 1. The van der Waals surface area contributed by atoms with Crippen LogP contribution in [0.2, 0.25) is 5.28 Å². The first-order valence-corrected chi connectivity index (χ1v) is 10.2. The van der Waals surface area contributed by atoms with Gasteiger partial charge in [0.1, 0.15) is 17.2 Å². The summed E-state index contributed by atoms with van der Waals surface area (Å²) in [5.41, 5.74) is 1.31. The Balaban J connectivity index is 1.82. The normalized spacial score (nSPS) is 11.4. The minimum Gasteiger partial charge on any atom is -0.493 e. The van der Waals surface area contributed by atoms with Crippen LogP contribution in [0.3, 0.4) is 0 Å². The molecule has 0 aliphatic rings. The number of rotatable bonds is 8. The highest BCUT2D eigenvalue weighted by Gasteiger charge is 2.15. The predicted octanol–water partition coefficient (Wildman–Crippen LogP) is 4.73. The molecule has 1 aromatic carbocycles. The standard InChI is InChI=1S/C21H31ClN4O3/c1-14-12-15-16(24-19(22)25-18(15)26(5)6)13-17(14)28-11-9-7-8-10-23-20(27)29-21(2,3)4/h12-13H,7-11H2,1-6H3,(H,23,27). The number of unbranched alkanes of at least 4 members (excludes halogenated alkanes) is 2. The largest absolute Gasteiger partial charge is 0.493 e. The Kier molecular flexibility index (Phi) is 7.90. The van der Waals surface area contributed by atoms with E-state index in [0.29, 0.717) is 13.2 Å². The molecule has 0 saturated carbocycles. The molecule has 1 heterocycles. The van der Waals surface area contributed by atoms with E-state index < -0.39 is 5.60 Å². The zero-order valence-corrected chi connectivity index (χ0v) is 18.9. The Labute approximate surface area is 177 Å². The number of carbonyl (C=O) groups excluding carboxylic acids is 1. The van der Waals surface area contributed by atoms with Gasteiger partial charge in [-0.2, -0.15) is 4.98 Å². The summed E-state index contributed by atoms with van der Waals surface area (Å²) in [5, 5.41) is 3.92. The maximum absolute atomic E-state index is 11.6. The smallest absolute Gasteiger partial charge is 0.407 e. The number of carbonyl (C=O) groups is 1. The van der Waals surface area contributed by atoms with Crippen LogP contribution in [0.15, 0.2) is 12.1 Å². The molecule has 0 bridgehead atoms. The molecule has 0 unspecified atom stereocenters. The molecule has 0 saturated heterocycles. The molecule has 1 aromatic heterocycles. The van der Waals surface area contributed by atoms with E-state index in [0.717, 1.165) is 47.3 Å². The number of benzene rings is 1. The maximum Gasteiger partial charge on any atom is 0.407 e. The summed E-state index contributed by atoms with van der Waals surface area (Å²) in [5.74, 6) is 1.58. The number of halogens is 1. The van der Waals surface area contributed by atoms with E-state index in [2.05, 4.69) is 15.3 Å². The summed E-state index contributed by atoms with van der Waals surface area (Å²) in [6.07, 6.45) is 2.33. The Hall–Kier alpha value is -2.28. The van der Waals surface area contributed by atoms with Crippen molar-refractivity contribution in [1.29, 1.82) is 0 Å². The van der Waals surface area contributed by atoms with E-state index in [9.17, 15) is 4.79 Å². The molecule has 0 spiro atoms. The lowest BCUT2D eigenvalue weighted by molar-refractivity contribution is 0.0527. The number of amides is 1. The number of hydrogen-bond acceptors (Lipinski definition) is 6. The molecule has 8 heteroatoms. The molecule has 0 radical (unpaired) electrons. The van der Waals surface area contributed by atoms with E-state index in [-0.39, 0.29) is 11.4 Å². The van der Waals surface area contributed by atoms with Gasteiger partial charge in [-0.15, -0.1) is 0 Å². The van der Waals surface area contributed by atoms with E-state index in [1.807, 2.05) is 58.8 Å². The molecular formula is C21H31ClN4O3. The molecule has 2 aromatic rings. The highest BCUT2D eigenvalue weighted by molar-refractivity contribution is 6.28. The number of hydrogen-bond donors (Lipinski definition) is 1. The zero-order chi connectivity index (χ0) is 21.6. The fourth-order valence-corrected chi connectivity index (χ4v) is 2.98. The Morgan fingerprint density at radius 2 is 1.90 bits per heavy atom. The van der Waals surface area contributed by atoms with Gasteiger partial charge in [-0.3, -0.25) is 0 Å². The van der Waals surface area contributed by atoms with Gasteiger partial charge in [-0.25, -0.2) is 9.78 Å². The zero-order valence-electron chi connectivity index (χ0n) is 18.1. The van der Waals surface area contributed by atoms with Gasteiger partial charge in [0, 0.05) is 32.1 Å². The third-order valence-electron chi connectivity index (χ3n) is 4.12. The molecule has 7 nitrogen and oxygen atoms in total. The van der Waals surface area contributed by atoms with Crippen molar-refractivity contribution in [1.82, 2.24) is 15.3 Å². The van der Waals surface area contributed by atoms with Gasteiger partial charge in [-0.1, -0.05) is 0 Å². The van der Waals surface area contributed by atoms with Crippen LogP contribution >= 0.6 is 11.6 Å². The van der Waals surface area contributed by atoms with Gasteiger partial charge in [0.25, 0.3) is 0 Å². The molecule has 160 valence electrons. The highest BCUT2D eigenvalue weighted by atomic mass is 35.5. The number of aryl methyl sites for hydroxylation is 1. The minimum atomic E-state index is -0.474. The Morgan fingerprint density at radius 1 is 1.17 bits per heavy atom. The predicted molar refractivity (Wildman–Crippen MR) is 117 cm³/mol. The second kappa shape index (κ2) is 9.96. The third kappa shape index (κ3) is 7.24. The molecule has 0 aliphatic carbocycles. The maximum atomic E-state index is 11.6. The molecule has 0 atom stereocenters. The Bertz CT molecular complexity index is 850. The summed E-state index contributed by atoms with van der Waals surface area (Å²) in [6, 6.07) is 3.94.